The molecule has 2 aromatic carbocycles. The minimum absolute atomic E-state index is 0.109. The first kappa shape index (κ1) is 26.7. The van der Waals surface area contributed by atoms with Crippen LogP contribution in [0.1, 0.15) is 6.92 Å². The Kier molecular flexibility index (Phi) is 7.39. The third kappa shape index (κ3) is 5.18. The van der Waals surface area contributed by atoms with Crippen LogP contribution in [0.3, 0.4) is 0 Å². The predicted octanol–water partition coefficient (Wildman–Crippen LogP) is 2.93. The molecule has 38 heavy (non-hydrogen) atoms. The van der Waals surface area contributed by atoms with Crippen molar-refractivity contribution in [3.63, 3.8) is 0 Å². The lowest BCUT2D eigenvalue weighted by Crippen LogP contribution is -2.32. The molecule has 198 valence electrons. The van der Waals surface area contributed by atoms with Gasteiger partial charge in [0.15, 0.2) is 11.6 Å². The van der Waals surface area contributed by atoms with E-state index >= 15 is 0 Å². The van der Waals surface area contributed by atoms with Gasteiger partial charge in [0.25, 0.3) is 15.6 Å². The number of benzene rings is 2. The molecule has 1 atom stereocenters. The van der Waals surface area contributed by atoms with Crippen molar-refractivity contribution in [2.24, 2.45) is 5.92 Å². The molecular weight excluding hydrogens is 520 g/mol. The molecule has 1 amide bonds. The summed E-state index contributed by atoms with van der Waals surface area (Å²) in [7, 11) is -1.76. The van der Waals surface area contributed by atoms with Gasteiger partial charge >= 0.3 is 0 Å². The number of carbonyl (C=O) groups is 1. The third-order valence-electron chi connectivity index (χ3n) is 5.82. The predicted molar refractivity (Wildman–Crippen MR) is 136 cm³/mol. The largest absolute Gasteiger partial charge is 0.480 e. The van der Waals surface area contributed by atoms with Gasteiger partial charge in [0.05, 0.1) is 30.3 Å². The number of nitrogens with one attached hydrogen (secondary N) is 2. The van der Waals surface area contributed by atoms with Crippen molar-refractivity contribution in [2.75, 3.05) is 18.9 Å². The number of rotatable bonds is 8. The molecule has 0 saturated heterocycles. The van der Waals surface area contributed by atoms with E-state index in [1.807, 2.05) is 0 Å². The van der Waals surface area contributed by atoms with Crippen LogP contribution in [0, 0.1) is 17.6 Å². The van der Waals surface area contributed by atoms with E-state index in [2.05, 4.69) is 20.0 Å². The monoisotopic (exact) mass is 543 g/mol. The number of halogens is 2. The van der Waals surface area contributed by atoms with Crippen molar-refractivity contribution < 1.29 is 26.7 Å². The first-order chi connectivity index (χ1) is 18.1. The molecule has 0 aliphatic rings. The first-order valence-electron chi connectivity index (χ1n) is 11.3. The lowest BCUT2D eigenvalue weighted by molar-refractivity contribution is -0.124. The Morgan fingerprint density at radius 1 is 1.13 bits per heavy atom. The number of pyridine rings is 1. The fourth-order valence-corrected chi connectivity index (χ4v) is 4.97. The number of methoxy groups -OCH3 is 1. The quantitative estimate of drug-likeness (QED) is 0.349. The summed E-state index contributed by atoms with van der Waals surface area (Å²) in [4.78, 5) is 32.5. The van der Waals surface area contributed by atoms with E-state index in [9.17, 15) is 26.8 Å². The van der Waals surface area contributed by atoms with Crippen molar-refractivity contribution >= 4 is 32.5 Å². The molecule has 0 aliphatic carbocycles. The zero-order chi connectivity index (χ0) is 27.6. The number of anilines is 1. The molecule has 0 bridgehead atoms. The van der Waals surface area contributed by atoms with Gasteiger partial charge in [0.2, 0.25) is 11.8 Å². The molecule has 0 spiro atoms. The maximum absolute atomic E-state index is 14.2. The Hall–Kier alpha value is -4.39. The topological polar surface area (TPSA) is 132 Å². The second-order valence-corrected chi connectivity index (χ2v) is 10.0. The van der Waals surface area contributed by atoms with E-state index in [1.54, 1.807) is 25.1 Å². The molecule has 2 heterocycles. The first-order valence-corrected chi connectivity index (χ1v) is 12.8. The molecule has 0 fully saturated rings. The van der Waals surface area contributed by atoms with Crippen LogP contribution in [0.2, 0.25) is 0 Å². The average molecular weight is 544 g/mol. The van der Waals surface area contributed by atoms with E-state index < -0.39 is 32.5 Å². The second-order valence-electron chi connectivity index (χ2n) is 8.39. The number of sulfonamides is 1. The molecular formula is C25H23F2N5O5S. The van der Waals surface area contributed by atoms with Crippen molar-refractivity contribution in [1.29, 1.82) is 0 Å². The number of aromatic nitrogens is 3. The summed E-state index contributed by atoms with van der Waals surface area (Å²) in [6, 6.07) is 9.05. The molecule has 10 nitrogen and oxygen atoms in total. The number of carbonyl (C=O) groups excluding carboxylic acids is 1. The average Bonchev–Trinajstić information content (AvgIpc) is 2.90. The highest BCUT2D eigenvalue weighted by atomic mass is 32.2. The smallest absolute Gasteiger partial charge is 0.265 e. The van der Waals surface area contributed by atoms with Gasteiger partial charge in [-0.25, -0.2) is 27.2 Å². The van der Waals surface area contributed by atoms with Gasteiger partial charge in [-0.2, -0.15) is 0 Å². The van der Waals surface area contributed by atoms with Crippen molar-refractivity contribution in [1.82, 2.24) is 19.9 Å². The molecule has 4 rings (SSSR count). The number of hydrogen-bond donors (Lipinski definition) is 2. The summed E-state index contributed by atoms with van der Waals surface area (Å²) in [6.45, 7) is 1.81. The standard InChI is InChI=1S/C25H23F2N5O5S/c1-14(23(33)28-2)12-32-13-30-19-8-7-15(9-17(19)25(32)34)16-10-20(24(37-3)29-11-16)31-38(35,36)21-6-4-5-18(26)22(21)27/h4-11,13-14,31H,12H2,1-3H3,(H,28,33). The van der Waals surface area contributed by atoms with Crippen molar-refractivity contribution in [3.8, 4) is 17.0 Å². The molecule has 0 radical (unpaired) electrons. The highest BCUT2D eigenvalue weighted by Crippen LogP contribution is 2.31. The molecule has 1 unspecified atom stereocenters. The zero-order valence-electron chi connectivity index (χ0n) is 20.5. The van der Waals surface area contributed by atoms with E-state index in [0.717, 1.165) is 18.2 Å². The number of ether oxygens (including phenoxy) is 1. The summed E-state index contributed by atoms with van der Waals surface area (Å²) in [6.07, 6.45) is 2.78. The van der Waals surface area contributed by atoms with Crippen LogP contribution < -0.4 is 20.3 Å². The summed E-state index contributed by atoms with van der Waals surface area (Å²) in [5, 5.41) is 2.81. The van der Waals surface area contributed by atoms with Crippen molar-refractivity contribution in [3.05, 3.63) is 77.0 Å². The highest BCUT2D eigenvalue weighted by Gasteiger charge is 2.24. The minimum atomic E-state index is -4.55. The Bertz CT molecular complexity index is 1710. The van der Waals surface area contributed by atoms with Gasteiger partial charge in [-0.15, -0.1) is 0 Å². The van der Waals surface area contributed by atoms with Gasteiger partial charge in [0, 0.05) is 25.4 Å². The van der Waals surface area contributed by atoms with Crippen LogP contribution in [0.5, 0.6) is 5.88 Å². The van der Waals surface area contributed by atoms with Crippen molar-refractivity contribution in [2.45, 2.75) is 18.4 Å². The third-order valence-corrected chi connectivity index (χ3v) is 7.20. The SMILES string of the molecule is CNC(=O)C(C)Cn1cnc2ccc(-c3cnc(OC)c(NS(=O)(=O)c4cccc(F)c4F)c3)cc2c1=O. The van der Waals surface area contributed by atoms with E-state index in [1.165, 1.54) is 37.3 Å². The normalized spacial score (nSPS) is 12.2. The van der Waals surface area contributed by atoms with Gasteiger partial charge in [-0.3, -0.25) is 18.9 Å². The number of amides is 1. The molecule has 0 aliphatic heterocycles. The maximum atomic E-state index is 14.2. The van der Waals surface area contributed by atoms with Gasteiger partial charge < -0.3 is 10.1 Å². The van der Waals surface area contributed by atoms with E-state index in [4.69, 9.17) is 4.74 Å². The second kappa shape index (κ2) is 10.5. The molecule has 0 saturated carbocycles. The van der Waals surface area contributed by atoms with Gasteiger partial charge in [-0.1, -0.05) is 19.1 Å². The lowest BCUT2D eigenvalue weighted by atomic mass is 10.0. The molecule has 2 N–H and O–H groups in total. The van der Waals surface area contributed by atoms with E-state index in [-0.39, 0.29) is 35.0 Å². The highest BCUT2D eigenvalue weighted by molar-refractivity contribution is 7.92. The maximum Gasteiger partial charge on any atom is 0.265 e. The fourth-order valence-electron chi connectivity index (χ4n) is 3.83. The van der Waals surface area contributed by atoms with Gasteiger partial charge in [-0.05, 0) is 35.9 Å². The van der Waals surface area contributed by atoms with Crippen LogP contribution in [-0.4, -0.2) is 43.0 Å². The summed E-state index contributed by atoms with van der Waals surface area (Å²) in [5.41, 5.74) is 0.833. The van der Waals surface area contributed by atoms with Crippen LogP contribution in [0.4, 0.5) is 14.5 Å². The zero-order valence-corrected chi connectivity index (χ0v) is 21.3. The van der Waals surface area contributed by atoms with Crippen LogP contribution >= 0.6 is 0 Å². The van der Waals surface area contributed by atoms with Crippen LogP contribution in [-0.2, 0) is 21.4 Å². The number of hydrogen-bond acceptors (Lipinski definition) is 7. The Balaban J connectivity index is 1.74. The Morgan fingerprint density at radius 3 is 2.61 bits per heavy atom. The summed E-state index contributed by atoms with van der Waals surface area (Å²) >= 11 is 0. The Morgan fingerprint density at radius 2 is 1.89 bits per heavy atom. The lowest BCUT2D eigenvalue weighted by Gasteiger charge is -2.14. The molecule has 13 heteroatoms. The van der Waals surface area contributed by atoms with Crippen LogP contribution in [0.25, 0.3) is 22.0 Å². The molecule has 2 aromatic heterocycles. The number of fused-ring (bicyclic) bond motifs is 1. The van der Waals surface area contributed by atoms with Crippen LogP contribution in [0.15, 0.2) is 64.7 Å². The van der Waals surface area contributed by atoms with Gasteiger partial charge in [0.1, 0.15) is 10.6 Å². The molecule has 4 aromatic rings. The van der Waals surface area contributed by atoms with E-state index in [0.29, 0.717) is 16.6 Å². The Labute approximate surface area is 216 Å². The number of nitrogens with zero attached hydrogens (tertiary/aromatic N) is 3. The fraction of sp³-hybridized carbons (Fsp3) is 0.200. The summed E-state index contributed by atoms with van der Waals surface area (Å²) in [5.74, 6) is -3.63. The minimum Gasteiger partial charge on any atom is -0.480 e. The summed E-state index contributed by atoms with van der Waals surface area (Å²) < 4.78 is 62.1.